The molecule has 6 nitrogen and oxygen atoms in total. The molecule has 0 aliphatic rings. The number of hydrazone groups is 1. The highest BCUT2D eigenvalue weighted by Crippen LogP contribution is 2.28. The van der Waals surface area contributed by atoms with Crippen LogP contribution in [0.5, 0.6) is 11.5 Å². The number of anilines is 1. The summed E-state index contributed by atoms with van der Waals surface area (Å²) in [4.78, 5) is 4.13. The van der Waals surface area contributed by atoms with Crippen molar-refractivity contribution in [2.45, 2.75) is 6.61 Å². The number of methoxy groups -OCH3 is 1. The first-order valence-corrected chi connectivity index (χ1v) is 8.29. The van der Waals surface area contributed by atoms with Gasteiger partial charge in [-0.25, -0.2) is 4.98 Å². The molecule has 2 aromatic carbocycles. The minimum atomic E-state index is 0.286. The van der Waals surface area contributed by atoms with Gasteiger partial charge in [0, 0.05) is 11.8 Å². The molecule has 0 amide bonds. The molecule has 0 bridgehead atoms. The summed E-state index contributed by atoms with van der Waals surface area (Å²) in [5, 5.41) is 13.3. The second kappa shape index (κ2) is 9.02. The number of nitriles is 1. The molecule has 0 saturated carbocycles. The zero-order valence-electron chi connectivity index (χ0n) is 14.8. The van der Waals surface area contributed by atoms with Gasteiger partial charge in [-0.05, 0) is 42.0 Å². The lowest BCUT2D eigenvalue weighted by atomic mass is 10.1. The van der Waals surface area contributed by atoms with Gasteiger partial charge in [0.2, 0.25) is 0 Å². The smallest absolute Gasteiger partial charge is 0.161 e. The van der Waals surface area contributed by atoms with Crippen molar-refractivity contribution in [3.05, 3.63) is 83.6 Å². The van der Waals surface area contributed by atoms with Crippen LogP contribution in [0.1, 0.15) is 16.7 Å². The van der Waals surface area contributed by atoms with Crippen LogP contribution in [0.4, 0.5) is 5.82 Å². The number of pyridine rings is 1. The molecule has 1 N–H and O–H groups in total. The van der Waals surface area contributed by atoms with Gasteiger partial charge in [0.25, 0.3) is 0 Å². The van der Waals surface area contributed by atoms with Crippen molar-refractivity contribution < 1.29 is 9.47 Å². The zero-order chi connectivity index (χ0) is 18.9. The molecule has 0 unspecified atom stereocenters. The Morgan fingerprint density at radius 2 is 1.96 bits per heavy atom. The van der Waals surface area contributed by atoms with Gasteiger partial charge >= 0.3 is 0 Å². The molecule has 134 valence electrons. The molecule has 0 aliphatic carbocycles. The maximum Gasteiger partial charge on any atom is 0.161 e. The summed E-state index contributed by atoms with van der Waals surface area (Å²) in [6, 6.07) is 20.6. The SMILES string of the molecule is COc1cc(/C=N\Nc2ccccn2)ccc1OCc1ccccc1C#N. The highest BCUT2D eigenvalue weighted by atomic mass is 16.5. The molecule has 0 saturated heterocycles. The van der Waals surface area contributed by atoms with E-state index in [1.165, 1.54) is 0 Å². The van der Waals surface area contributed by atoms with Gasteiger partial charge < -0.3 is 9.47 Å². The van der Waals surface area contributed by atoms with E-state index in [9.17, 15) is 0 Å². The Balaban J connectivity index is 1.68. The van der Waals surface area contributed by atoms with Gasteiger partial charge in [0.15, 0.2) is 11.5 Å². The van der Waals surface area contributed by atoms with Crippen molar-refractivity contribution in [3.8, 4) is 17.6 Å². The third kappa shape index (κ3) is 4.83. The third-order valence-electron chi connectivity index (χ3n) is 3.77. The van der Waals surface area contributed by atoms with E-state index in [1.54, 1.807) is 25.6 Å². The van der Waals surface area contributed by atoms with E-state index in [-0.39, 0.29) is 6.61 Å². The van der Waals surface area contributed by atoms with Gasteiger partial charge in [-0.15, -0.1) is 0 Å². The van der Waals surface area contributed by atoms with Crippen LogP contribution in [0.25, 0.3) is 0 Å². The topological polar surface area (TPSA) is 79.5 Å². The summed E-state index contributed by atoms with van der Waals surface area (Å²) < 4.78 is 11.3. The summed E-state index contributed by atoms with van der Waals surface area (Å²) in [6.45, 7) is 0.286. The Hall–Kier alpha value is -3.85. The Morgan fingerprint density at radius 1 is 1.11 bits per heavy atom. The number of rotatable bonds is 7. The minimum Gasteiger partial charge on any atom is -0.493 e. The molecule has 3 aromatic rings. The van der Waals surface area contributed by atoms with E-state index in [0.29, 0.717) is 22.9 Å². The molecule has 6 heteroatoms. The lowest BCUT2D eigenvalue weighted by Crippen LogP contribution is -2.00. The highest BCUT2D eigenvalue weighted by Gasteiger charge is 2.07. The summed E-state index contributed by atoms with van der Waals surface area (Å²) >= 11 is 0. The van der Waals surface area contributed by atoms with E-state index >= 15 is 0 Å². The van der Waals surface area contributed by atoms with Crippen molar-refractivity contribution in [1.29, 1.82) is 5.26 Å². The summed E-state index contributed by atoms with van der Waals surface area (Å²) in [6.07, 6.45) is 3.36. The average Bonchev–Trinajstić information content (AvgIpc) is 2.73. The van der Waals surface area contributed by atoms with Crippen LogP contribution in [-0.4, -0.2) is 18.3 Å². The van der Waals surface area contributed by atoms with E-state index in [1.807, 2.05) is 54.6 Å². The first-order chi connectivity index (χ1) is 13.3. The first-order valence-electron chi connectivity index (χ1n) is 8.29. The second-order valence-electron chi connectivity index (χ2n) is 5.55. The quantitative estimate of drug-likeness (QED) is 0.510. The molecule has 0 aliphatic heterocycles. The highest BCUT2D eigenvalue weighted by molar-refractivity contribution is 5.81. The maximum atomic E-state index is 9.16. The fourth-order valence-electron chi connectivity index (χ4n) is 2.40. The molecule has 27 heavy (non-hydrogen) atoms. The number of benzene rings is 2. The van der Waals surface area contributed by atoms with Crippen LogP contribution in [-0.2, 0) is 6.61 Å². The molecule has 3 rings (SSSR count). The Kier molecular flexibility index (Phi) is 6.00. The Morgan fingerprint density at radius 3 is 2.74 bits per heavy atom. The Bertz CT molecular complexity index is 965. The summed E-state index contributed by atoms with van der Waals surface area (Å²) in [5.41, 5.74) is 5.13. The van der Waals surface area contributed by atoms with Gasteiger partial charge in [0.05, 0.1) is 25.0 Å². The van der Waals surface area contributed by atoms with Crippen molar-refractivity contribution in [1.82, 2.24) is 4.98 Å². The number of hydrogen-bond acceptors (Lipinski definition) is 6. The molecule has 0 fully saturated rings. The lowest BCUT2D eigenvalue weighted by Gasteiger charge is -2.12. The fraction of sp³-hybridized carbons (Fsp3) is 0.0952. The number of hydrogen-bond donors (Lipinski definition) is 1. The van der Waals surface area contributed by atoms with Gasteiger partial charge in [-0.2, -0.15) is 10.4 Å². The standard InChI is InChI=1S/C21H18N4O2/c1-26-20-12-16(14-24-25-21-8-4-5-11-23-21)9-10-19(20)27-15-18-7-3-2-6-17(18)13-22/h2-12,14H,15H2,1H3,(H,23,25)/b24-14-. The van der Waals surface area contributed by atoms with E-state index in [4.69, 9.17) is 14.7 Å². The molecule has 0 spiro atoms. The first kappa shape index (κ1) is 18.0. The van der Waals surface area contributed by atoms with Crippen LogP contribution < -0.4 is 14.9 Å². The van der Waals surface area contributed by atoms with Crippen LogP contribution in [0.2, 0.25) is 0 Å². The minimum absolute atomic E-state index is 0.286. The number of nitrogens with zero attached hydrogens (tertiary/aromatic N) is 3. The van der Waals surface area contributed by atoms with Gasteiger partial charge in [-0.1, -0.05) is 24.3 Å². The molecule has 0 radical (unpaired) electrons. The van der Waals surface area contributed by atoms with E-state index < -0.39 is 0 Å². The van der Waals surface area contributed by atoms with Crippen molar-refractivity contribution in [3.63, 3.8) is 0 Å². The van der Waals surface area contributed by atoms with Crippen LogP contribution in [0, 0.1) is 11.3 Å². The van der Waals surface area contributed by atoms with Crippen molar-refractivity contribution in [2.75, 3.05) is 12.5 Å². The predicted molar refractivity (Wildman–Crippen MR) is 104 cm³/mol. The molecule has 1 aromatic heterocycles. The van der Waals surface area contributed by atoms with Crippen LogP contribution in [0.3, 0.4) is 0 Å². The normalized spacial score (nSPS) is 10.4. The predicted octanol–water partition coefficient (Wildman–Crippen LogP) is 3.99. The molecule has 0 atom stereocenters. The Labute approximate surface area is 157 Å². The maximum absolute atomic E-state index is 9.16. The number of aromatic nitrogens is 1. The largest absolute Gasteiger partial charge is 0.493 e. The second-order valence-corrected chi connectivity index (χ2v) is 5.55. The fourth-order valence-corrected chi connectivity index (χ4v) is 2.40. The number of nitrogens with one attached hydrogen (secondary N) is 1. The molecular formula is C21H18N4O2. The van der Waals surface area contributed by atoms with Crippen LogP contribution >= 0.6 is 0 Å². The van der Waals surface area contributed by atoms with Crippen molar-refractivity contribution >= 4 is 12.0 Å². The van der Waals surface area contributed by atoms with Gasteiger partial charge in [0.1, 0.15) is 12.4 Å². The van der Waals surface area contributed by atoms with Crippen LogP contribution in [0.15, 0.2) is 72.0 Å². The van der Waals surface area contributed by atoms with E-state index in [0.717, 1.165) is 11.1 Å². The molecular weight excluding hydrogens is 340 g/mol. The summed E-state index contributed by atoms with van der Waals surface area (Å²) in [7, 11) is 1.58. The van der Waals surface area contributed by atoms with Crippen molar-refractivity contribution in [2.24, 2.45) is 5.10 Å². The third-order valence-corrected chi connectivity index (χ3v) is 3.77. The van der Waals surface area contributed by atoms with Gasteiger partial charge in [-0.3, -0.25) is 5.43 Å². The molecule has 1 heterocycles. The zero-order valence-corrected chi connectivity index (χ0v) is 14.8. The number of ether oxygens (including phenoxy) is 2. The summed E-state index contributed by atoms with van der Waals surface area (Å²) in [5.74, 6) is 1.85. The average molecular weight is 358 g/mol. The monoisotopic (exact) mass is 358 g/mol. The van der Waals surface area contributed by atoms with E-state index in [2.05, 4.69) is 21.6 Å². The lowest BCUT2D eigenvalue weighted by molar-refractivity contribution is 0.284.